The summed E-state index contributed by atoms with van der Waals surface area (Å²) in [5, 5.41) is 2.07. The number of benzene rings is 1. The number of hydrogen-bond donors (Lipinski definition) is 0. The Balaban J connectivity index is 1.49. The summed E-state index contributed by atoms with van der Waals surface area (Å²) in [6, 6.07) is 8.28. The molecule has 0 atom stereocenters. The van der Waals surface area contributed by atoms with E-state index in [1.165, 1.54) is 16.3 Å². The van der Waals surface area contributed by atoms with Crippen LogP contribution in [0.25, 0.3) is 27.8 Å². The van der Waals surface area contributed by atoms with Gasteiger partial charge in [0.1, 0.15) is 0 Å². The molecular formula is C23H19FN5O. The Kier molecular flexibility index (Phi) is 3.70. The molecule has 149 valence electrons. The van der Waals surface area contributed by atoms with E-state index in [9.17, 15) is 9.18 Å². The molecule has 1 aliphatic carbocycles. The predicted molar refractivity (Wildman–Crippen MR) is 114 cm³/mol. The highest BCUT2D eigenvalue weighted by molar-refractivity contribution is 5.97. The highest BCUT2D eigenvalue weighted by Gasteiger charge is 2.27. The lowest BCUT2D eigenvalue weighted by atomic mass is 10.1. The van der Waals surface area contributed by atoms with Crippen LogP contribution >= 0.6 is 0 Å². The van der Waals surface area contributed by atoms with Crippen LogP contribution in [0.1, 0.15) is 11.1 Å². The first-order valence-corrected chi connectivity index (χ1v) is 10.0. The number of likely N-dealkylation sites (N-methyl/N-ethyl adjacent to an activating group) is 1. The zero-order chi connectivity index (χ0) is 20.4. The molecular weight excluding hydrogens is 381 g/mol. The Morgan fingerprint density at radius 3 is 2.70 bits per heavy atom. The van der Waals surface area contributed by atoms with Gasteiger partial charge in [0.05, 0.1) is 17.5 Å². The average molecular weight is 400 g/mol. The molecule has 1 aliphatic heterocycles. The van der Waals surface area contributed by atoms with Crippen molar-refractivity contribution in [3.63, 3.8) is 0 Å². The third-order valence-corrected chi connectivity index (χ3v) is 6.03. The third-order valence-electron chi connectivity index (χ3n) is 6.03. The van der Waals surface area contributed by atoms with Gasteiger partial charge in [-0.05, 0) is 41.6 Å². The zero-order valence-corrected chi connectivity index (χ0v) is 16.5. The molecule has 0 unspecified atom stereocenters. The summed E-state index contributed by atoms with van der Waals surface area (Å²) in [6.45, 7) is 4.08. The number of hydrogen-bond acceptors (Lipinski definition) is 5. The molecule has 4 aromatic rings. The molecule has 7 heteroatoms. The summed E-state index contributed by atoms with van der Waals surface area (Å²) in [4.78, 5) is 26.3. The first-order valence-electron chi connectivity index (χ1n) is 10.0. The monoisotopic (exact) mass is 400 g/mol. The van der Waals surface area contributed by atoms with Crippen LogP contribution in [0.15, 0.2) is 47.7 Å². The smallest absolute Gasteiger partial charge is 0.234 e. The Morgan fingerprint density at radius 1 is 1.03 bits per heavy atom. The van der Waals surface area contributed by atoms with E-state index in [1.807, 2.05) is 12.5 Å². The SMILES string of the molecule is CN1CCN(c2ccc3cc(-c4cn5cc(F)cnc5n4)c(=O)c4c(c3c2)[CH]4)CC1. The van der Waals surface area contributed by atoms with E-state index in [4.69, 9.17) is 0 Å². The molecule has 6 rings (SSSR count). The molecule has 1 radical (unpaired) electrons. The number of aromatic nitrogens is 3. The van der Waals surface area contributed by atoms with Crippen molar-refractivity contribution in [3.8, 4) is 11.3 Å². The normalized spacial score (nSPS) is 16.3. The van der Waals surface area contributed by atoms with Crippen molar-refractivity contribution < 1.29 is 4.39 Å². The van der Waals surface area contributed by atoms with Gasteiger partial charge in [-0.15, -0.1) is 0 Å². The molecule has 0 amide bonds. The summed E-state index contributed by atoms with van der Waals surface area (Å²) in [5.41, 5.74) is 3.88. The van der Waals surface area contributed by atoms with Crippen LogP contribution in [0.4, 0.5) is 10.1 Å². The maximum absolute atomic E-state index is 13.5. The molecule has 0 spiro atoms. The van der Waals surface area contributed by atoms with E-state index >= 15 is 0 Å². The van der Waals surface area contributed by atoms with Crippen molar-refractivity contribution in [2.45, 2.75) is 0 Å². The average Bonchev–Trinajstić information content (AvgIpc) is 3.45. The number of rotatable bonds is 2. The van der Waals surface area contributed by atoms with Crippen LogP contribution in [-0.4, -0.2) is 52.5 Å². The van der Waals surface area contributed by atoms with Gasteiger partial charge < -0.3 is 9.80 Å². The lowest BCUT2D eigenvalue weighted by molar-refractivity contribution is 0.313. The van der Waals surface area contributed by atoms with Crippen LogP contribution in [0, 0.1) is 12.2 Å². The van der Waals surface area contributed by atoms with Gasteiger partial charge in [0.15, 0.2) is 11.2 Å². The fourth-order valence-corrected chi connectivity index (χ4v) is 4.23. The molecule has 2 aromatic heterocycles. The molecule has 0 bridgehead atoms. The van der Waals surface area contributed by atoms with Crippen molar-refractivity contribution >= 4 is 22.2 Å². The lowest BCUT2D eigenvalue weighted by Gasteiger charge is -2.34. The first kappa shape index (κ1) is 17.5. The number of imidazole rings is 1. The van der Waals surface area contributed by atoms with E-state index in [0.29, 0.717) is 17.0 Å². The van der Waals surface area contributed by atoms with Crippen molar-refractivity contribution in [2.24, 2.45) is 0 Å². The second kappa shape index (κ2) is 6.34. The lowest BCUT2D eigenvalue weighted by Crippen LogP contribution is -2.44. The fourth-order valence-electron chi connectivity index (χ4n) is 4.23. The van der Waals surface area contributed by atoms with E-state index in [2.05, 4.69) is 45.0 Å². The van der Waals surface area contributed by atoms with E-state index in [-0.39, 0.29) is 5.43 Å². The molecule has 2 aliphatic rings. The highest BCUT2D eigenvalue weighted by Crippen LogP contribution is 2.37. The van der Waals surface area contributed by atoms with Crippen LogP contribution in [0.3, 0.4) is 0 Å². The van der Waals surface area contributed by atoms with Gasteiger partial charge in [-0.1, -0.05) is 6.07 Å². The number of halogens is 1. The number of fused-ring (bicyclic) bond motifs is 4. The largest absolute Gasteiger partial charge is 0.369 e. The third kappa shape index (κ3) is 2.77. The van der Waals surface area contributed by atoms with Gasteiger partial charge >= 0.3 is 0 Å². The van der Waals surface area contributed by atoms with E-state index in [0.717, 1.165) is 54.3 Å². The van der Waals surface area contributed by atoms with Crippen molar-refractivity contribution in [1.82, 2.24) is 19.3 Å². The number of anilines is 1. The Labute approximate surface area is 172 Å². The molecule has 0 saturated carbocycles. The van der Waals surface area contributed by atoms with Crippen LogP contribution in [-0.2, 0) is 0 Å². The van der Waals surface area contributed by atoms with Crippen molar-refractivity contribution in [3.05, 3.63) is 76.4 Å². The van der Waals surface area contributed by atoms with E-state index < -0.39 is 5.82 Å². The summed E-state index contributed by atoms with van der Waals surface area (Å²) < 4.78 is 15.0. The van der Waals surface area contributed by atoms with Gasteiger partial charge in [0, 0.05) is 56.2 Å². The number of nitrogens with zero attached hydrogens (tertiary/aromatic N) is 5. The fraction of sp³-hybridized carbons (Fsp3) is 0.217. The quantitative estimate of drug-likeness (QED) is 0.456. The minimum absolute atomic E-state index is 0.0498. The maximum atomic E-state index is 13.5. The second-order valence-corrected chi connectivity index (χ2v) is 8.03. The van der Waals surface area contributed by atoms with Gasteiger partial charge in [-0.2, -0.15) is 0 Å². The predicted octanol–water partition coefficient (Wildman–Crippen LogP) is 2.71. The van der Waals surface area contributed by atoms with Crippen LogP contribution < -0.4 is 10.3 Å². The Hall–Kier alpha value is -3.32. The summed E-state index contributed by atoms with van der Waals surface area (Å²) >= 11 is 0. The molecule has 2 aromatic carbocycles. The van der Waals surface area contributed by atoms with Gasteiger partial charge in [-0.25, -0.2) is 14.4 Å². The highest BCUT2D eigenvalue weighted by atomic mass is 19.1. The van der Waals surface area contributed by atoms with Gasteiger partial charge in [-0.3, -0.25) is 9.20 Å². The zero-order valence-electron chi connectivity index (χ0n) is 16.5. The maximum Gasteiger partial charge on any atom is 0.234 e. The standard InChI is InChI=1S/C23H19FN5O/c1-27-4-6-28(7-5-27)16-3-2-14-8-20(22(30)19-10-18(19)17(14)9-16)21-13-29-12-15(24)11-25-23(29)26-21/h2-3,8-13H,4-7H2,1H3. The minimum atomic E-state index is -0.449. The summed E-state index contributed by atoms with van der Waals surface area (Å²) in [7, 11) is 2.14. The summed E-state index contributed by atoms with van der Waals surface area (Å²) in [6.07, 6.45) is 6.03. The molecule has 30 heavy (non-hydrogen) atoms. The molecule has 6 nitrogen and oxygen atoms in total. The molecule has 0 N–H and O–H groups in total. The van der Waals surface area contributed by atoms with Crippen molar-refractivity contribution in [2.75, 3.05) is 38.1 Å². The Bertz CT molecular complexity index is 1390. The number of piperazine rings is 1. The van der Waals surface area contributed by atoms with Gasteiger partial charge in [0.25, 0.3) is 0 Å². The molecule has 1 saturated heterocycles. The minimum Gasteiger partial charge on any atom is -0.369 e. The van der Waals surface area contributed by atoms with Crippen LogP contribution in [0.5, 0.6) is 0 Å². The topological polar surface area (TPSA) is 53.7 Å². The second-order valence-electron chi connectivity index (χ2n) is 8.03. The Morgan fingerprint density at radius 2 is 1.87 bits per heavy atom. The van der Waals surface area contributed by atoms with Crippen molar-refractivity contribution in [1.29, 1.82) is 0 Å². The first-order chi connectivity index (χ1) is 14.6. The molecule has 3 heterocycles. The summed E-state index contributed by atoms with van der Waals surface area (Å²) in [5.74, 6) is -0.0844. The van der Waals surface area contributed by atoms with E-state index in [1.54, 1.807) is 6.20 Å². The molecule has 1 fully saturated rings. The van der Waals surface area contributed by atoms with Gasteiger partial charge in [0.2, 0.25) is 5.78 Å². The van der Waals surface area contributed by atoms with Crippen LogP contribution in [0.2, 0.25) is 0 Å².